The van der Waals surface area contributed by atoms with Crippen molar-refractivity contribution < 1.29 is 14.7 Å². The van der Waals surface area contributed by atoms with Crippen LogP contribution in [0.2, 0.25) is 0 Å². The molecule has 24 heavy (non-hydrogen) atoms. The molecular weight excluding hydrogens is 324 g/mol. The van der Waals surface area contributed by atoms with Gasteiger partial charge in [0.25, 0.3) is 5.91 Å². The first-order valence-corrected chi connectivity index (χ1v) is 9.59. The van der Waals surface area contributed by atoms with Crippen LogP contribution in [-0.2, 0) is 4.79 Å². The van der Waals surface area contributed by atoms with E-state index in [0.717, 1.165) is 17.7 Å². The number of aliphatic hydroxyl groups excluding tert-OH is 1. The summed E-state index contributed by atoms with van der Waals surface area (Å²) in [5.41, 5.74) is 0.683. The van der Waals surface area contributed by atoms with E-state index >= 15 is 0 Å². The normalized spacial score (nSPS) is 18.4. The predicted octanol–water partition coefficient (Wildman–Crippen LogP) is 1.86. The van der Waals surface area contributed by atoms with Crippen LogP contribution in [-0.4, -0.2) is 65.3 Å². The van der Waals surface area contributed by atoms with Crippen molar-refractivity contribution in [3.63, 3.8) is 0 Å². The highest BCUT2D eigenvalue weighted by atomic mass is 32.2. The SMILES string of the molecule is O=C(c1ccc(SCCO)cc1)N1CCN(C(=O)C2CCC2)CC1. The zero-order valence-electron chi connectivity index (χ0n) is 13.8. The molecular formula is C18H24N2O3S. The molecule has 0 spiro atoms. The fraction of sp³-hybridized carbons (Fsp3) is 0.556. The molecule has 0 aromatic heterocycles. The number of carbonyl (C=O) groups is 2. The second-order valence-corrected chi connectivity index (χ2v) is 7.51. The van der Waals surface area contributed by atoms with Gasteiger partial charge in [-0.05, 0) is 37.1 Å². The number of carbonyl (C=O) groups excluding carboxylic acids is 2. The highest BCUT2D eigenvalue weighted by molar-refractivity contribution is 7.99. The van der Waals surface area contributed by atoms with Gasteiger partial charge in [-0.3, -0.25) is 9.59 Å². The number of aliphatic hydroxyl groups is 1. The third-order valence-electron chi connectivity index (χ3n) is 4.79. The Balaban J connectivity index is 1.52. The lowest BCUT2D eigenvalue weighted by Crippen LogP contribution is -2.52. The molecule has 1 saturated carbocycles. The van der Waals surface area contributed by atoms with Crippen LogP contribution in [0, 0.1) is 5.92 Å². The van der Waals surface area contributed by atoms with E-state index in [-0.39, 0.29) is 24.3 Å². The molecule has 5 nitrogen and oxygen atoms in total. The monoisotopic (exact) mass is 348 g/mol. The molecule has 3 rings (SSSR count). The zero-order chi connectivity index (χ0) is 16.9. The standard InChI is InChI=1S/C18H24N2O3S/c21-12-13-24-16-6-4-15(5-7-16)18(23)20-10-8-19(9-11-20)17(22)14-2-1-3-14/h4-7,14,21H,1-3,8-13H2. The minimum absolute atomic E-state index is 0.0319. The number of benzene rings is 1. The van der Waals surface area contributed by atoms with Crippen LogP contribution in [0.3, 0.4) is 0 Å². The maximum Gasteiger partial charge on any atom is 0.253 e. The molecule has 130 valence electrons. The number of rotatable bonds is 5. The Hall–Kier alpha value is -1.53. The molecule has 1 aromatic rings. The van der Waals surface area contributed by atoms with Gasteiger partial charge in [0, 0.05) is 48.3 Å². The van der Waals surface area contributed by atoms with Crippen molar-refractivity contribution in [1.29, 1.82) is 0 Å². The zero-order valence-corrected chi connectivity index (χ0v) is 14.6. The highest BCUT2D eigenvalue weighted by Gasteiger charge is 2.32. The van der Waals surface area contributed by atoms with E-state index in [0.29, 0.717) is 37.5 Å². The number of hydrogen-bond acceptors (Lipinski definition) is 4. The van der Waals surface area contributed by atoms with Crippen molar-refractivity contribution in [1.82, 2.24) is 9.80 Å². The number of hydrogen-bond donors (Lipinski definition) is 1. The number of nitrogens with zero attached hydrogens (tertiary/aromatic N) is 2. The third-order valence-corrected chi connectivity index (χ3v) is 5.79. The Morgan fingerprint density at radius 2 is 1.67 bits per heavy atom. The van der Waals surface area contributed by atoms with Gasteiger partial charge in [0.1, 0.15) is 0 Å². The minimum Gasteiger partial charge on any atom is -0.396 e. The summed E-state index contributed by atoms with van der Waals surface area (Å²) in [5, 5.41) is 8.85. The van der Waals surface area contributed by atoms with E-state index in [1.165, 1.54) is 6.42 Å². The van der Waals surface area contributed by atoms with Gasteiger partial charge in [0.2, 0.25) is 5.91 Å². The lowest BCUT2D eigenvalue weighted by molar-refractivity contribution is -0.139. The van der Waals surface area contributed by atoms with Crippen LogP contribution >= 0.6 is 11.8 Å². The van der Waals surface area contributed by atoms with Gasteiger partial charge in [-0.15, -0.1) is 11.8 Å². The van der Waals surface area contributed by atoms with Gasteiger partial charge in [0.15, 0.2) is 0 Å². The number of thioether (sulfide) groups is 1. The lowest BCUT2D eigenvalue weighted by Gasteiger charge is -2.38. The van der Waals surface area contributed by atoms with Crippen molar-refractivity contribution in [2.75, 3.05) is 38.5 Å². The van der Waals surface area contributed by atoms with Crippen LogP contribution in [0.15, 0.2) is 29.2 Å². The molecule has 1 saturated heterocycles. The fourth-order valence-corrected chi connectivity index (χ4v) is 3.74. The van der Waals surface area contributed by atoms with Gasteiger partial charge in [-0.2, -0.15) is 0 Å². The van der Waals surface area contributed by atoms with Crippen molar-refractivity contribution in [3.8, 4) is 0 Å². The maximum absolute atomic E-state index is 12.6. The summed E-state index contributed by atoms with van der Waals surface area (Å²) in [7, 11) is 0. The second-order valence-electron chi connectivity index (χ2n) is 6.34. The van der Waals surface area contributed by atoms with Crippen LogP contribution in [0.25, 0.3) is 0 Å². The molecule has 0 bridgehead atoms. The van der Waals surface area contributed by atoms with Crippen molar-refractivity contribution in [2.24, 2.45) is 5.92 Å². The number of amides is 2. The summed E-state index contributed by atoms with van der Waals surface area (Å²) in [6.45, 7) is 2.66. The van der Waals surface area contributed by atoms with Crippen molar-refractivity contribution in [2.45, 2.75) is 24.2 Å². The third kappa shape index (κ3) is 3.92. The fourth-order valence-electron chi connectivity index (χ4n) is 3.08. The minimum atomic E-state index is 0.0319. The summed E-state index contributed by atoms with van der Waals surface area (Å²) < 4.78 is 0. The van der Waals surface area contributed by atoms with E-state index in [2.05, 4.69) is 0 Å². The summed E-state index contributed by atoms with van der Waals surface area (Å²) in [6, 6.07) is 7.52. The average molecular weight is 348 g/mol. The Morgan fingerprint density at radius 3 is 2.21 bits per heavy atom. The summed E-state index contributed by atoms with van der Waals surface area (Å²) in [4.78, 5) is 29.6. The predicted molar refractivity (Wildman–Crippen MR) is 94.1 cm³/mol. The van der Waals surface area contributed by atoms with Crippen molar-refractivity contribution in [3.05, 3.63) is 29.8 Å². The van der Waals surface area contributed by atoms with Gasteiger partial charge in [-0.1, -0.05) is 6.42 Å². The van der Waals surface area contributed by atoms with E-state index in [1.54, 1.807) is 11.8 Å². The van der Waals surface area contributed by atoms with Gasteiger partial charge in [0.05, 0.1) is 6.61 Å². The molecule has 1 aliphatic heterocycles. The van der Waals surface area contributed by atoms with E-state index in [1.807, 2.05) is 34.1 Å². The molecule has 1 heterocycles. The van der Waals surface area contributed by atoms with E-state index < -0.39 is 0 Å². The molecule has 0 atom stereocenters. The Kier molecular flexibility index (Phi) is 5.79. The second kappa shape index (κ2) is 8.03. The quantitative estimate of drug-likeness (QED) is 0.825. The Labute approximate surface area is 147 Å². The topological polar surface area (TPSA) is 60.9 Å². The molecule has 2 aliphatic rings. The molecule has 6 heteroatoms. The summed E-state index contributed by atoms with van der Waals surface area (Å²) >= 11 is 1.57. The highest BCUT2D eigenvalue weighted by Crippen LogP contribution is 2.28. The van der Waals surface area contributed by atoms with E-state index in [9.17, 15) is 9.59 Å². The smallest absolute Gasteiger partial charge is 0.253 e. The average Bonchev–Trinajstić information content (AvgIpc) is 2.58. The molecule has 1 aromatic carbocycles. The molecule has 1 N–H and O–H groups in total. The van der Waals surface area contributed by atoms with Gasteiger partial charge >= 0.3 is 0 Å². The first-order valence-electron chi connectivity index (χ1n) is 8.61. The first kappa shape index (κ1) is 17.3. The molecule has 0 unspecified atom stereocenters. The molecule has 1 aliphatic carbocycles. The lowest BCUT2D eigenvalue weighted by atomic mass is 9.84. The van der Waals surface area contributed by atoms with Crippen LogP contribution in [0.5, 0.6) is 0 Å². The first-order chi connectivity index (χ1) is 11.7. The van der Waals surface area contributed by atoms with Crippen molar-refractivity contribution >= 4 is 23.6 Å². The van der Waals surface area contributed by atoms with E-state index in [4.69, 9.17) is 5.11 Å². The Bertz CT molecular complexity index is 578. The largest absolute Gasteiger partial charge is 0.396 e. The molecule has 2 amide bonds. The maximum atomic E-state index is 12.6. The van der Waals surface area contributed by atoms with Crippen LogP contribution in [0.1, 0.15) is 29.6 Å². The number of piperazine rings is 1. The summed E-state index contributed by atoms with van der Waals surface area (Å²) in [6.07, 6.45) is 3.22. The van der Waals surface area contributed by atoms with Gasteiger partial charge in [-0.25, -0.2) is 0 Å². The Morgan fingerprint density at radius 1 is 1.04 bits per heavy atom. The summed E-state index contributed by atoms with van der Waals surface area (Å²) in [5.74, 6) is 1.20. The van der Waals surface area contributed by atoms with Crippen LogP contribution in [0.4, 0.5) is 0 Å². The van der Waals surface area contributed by atoms with Gasteiger partial charge < -0.3 is 14.9 Å². The molecule has 2 fully saturated rings. The molecule has 0 radical (unpaired) electrons. The van der Waals surface area contributed by atoms with Crippen LogP contribution < -0.4 is 0 Å².